The standard InChI is InChI=1S/C20H22N2O3S/c1-23-19-11-15(7-8-18(19)25-14-17-6-4-10-26-17)12-21-13-16-5-3-9-22-20(16)24-2/h3-11,21H,12-14H2,1-2H3. The Morgan fingerprint density at radius 2 is 1.92 bits per heavy atom. The van der Waals surface area contributed by atoms with Gasteiger partial charge in [-0.25, -0.2) is 4.98 Å². The predicted octanol–water partition coefficient (Wildman–Crippen LogP) is 4.03. The highest BCUT2D eigenvalue weighted by atomic mass is 32.1. The first-order chi connectivity index (χ1) is 12.8. The number of hydrogen-bond acceptors (Lipinski definition) is 6. The Labute approximate surface area is 157 Å². The van der Waals surface area contributed by atoms with E-state index >= 15 is 0 Å². The van der Waals surface area contributed by atoms with Gasteiger partial charge in [0.15, 0.2) is 11.5 Å². The van der Waals surface area contributed by atoms with E-state index in [0.717, 1.165) is 22.6 Å². The molecule has 0 fully saturated rings. The van der Waals surface area contributed by atoms with Gasteiger partial charge in [0.1, 0.15) is 6.61 Å². The SMILES string of the molecule is COc1cc(CNCc2cccnc2OC)ccc1OCc1cccs1. The van der Waals surface area contributed by atoms with Crippen LogP contribution in [0.2, 0.25) is 0 Å². The molecule has 0 radical (unpaired) electrons. The molecular weight excluding hydrogens is 348 g/mol. The number of ether oxygens (including phenoxy) is 3. The fourth-order valence-electron chi connectivity index (χ4n) is 2.57. The molecule has 3 aromatic rings. The number of methoxy groups -OCH3 is 2. The van der Waals surface area contributed by atoms with Gasteiger partial charge in [0.2, 0.25) is 5.88 Å². The van der Waals surface area contributed by atoms with Crippen LogP contribution in [0.5, 0.6) is 17.4 Å². The molecule has 0 saturated carbocycles. The van der Waals surface area contributed by atoms with Gasteiger partial charge in [0, 0.05) is 29.7 Å². The summed E-state index contributed by atoms with van der Waals surface area (Å²) in [6, 6.07) is 14.0. The van der Waals surface area contributed by atoms with Crippen LogP contribution in [0.3, 0.4) is 0 Å². The molecule has 0 saturated heterocycles. The highest BCUT2D eigenvalue weighted by molar-refractivity contribution is 7.09. The Kier molecular flexibility index (Phi) is 6.46. The first-order valence-corrected chi connectivity index (χ1v) is 9.19. The molecule has 3 rings (SSSR count). The van der Waals surface area contributed by atoms with E-state index in [1.165, 1.54) is 4.88 Å². The van der Waals surface area contributed by atoms with Crippen LogP contribution in [0.25, 0.3) is 0 Å². The lowest BCUT2D eigenvalue weighted by Gasteiger charge is -2.13. The molecule has 1 aromatic carbocycles. The van der Waals surface area contributed by atoms with Crippen molar-refractivity contribution in [2.75, 3.05) is 14.2 Å². The van der Waals surface area contributed by atoms with E-state index in [0.29, 0.717) is 25.6 Å². The molecular formula is C20H22N2O3S. The minimum atomic E-state index is 0.548. The molecule has 26 heavy (non-hydrogen) atoms. The third kappa shape index (κ3) is 4.74. The summed E-state index contributed by atoms with van der Waals surface area (Å²) >= 11 is 1.68. The lowest BCUT2D eigenvalue weighted by Crippen LogP contribution is -2.13. The van der Waals surface area contributed by atoms with Crippen molar-refractivity contribution in [3.63, 3.8) is 0 Å². The molecule has 0 aliphatic heterocycles. The van der Waals surface area contributed by atoms with E-state index < -0.39 is 0 Å². The van der Waals surface area contributed by atoms with Crippen molar-refractivity contribution in [3.05, 3.63) is 70.0 Å². The van der Waals surface area contributed by atoms with E-state index in [2.05, 4.69) is 16.4 Å². The quantitative estimate of drug-likeness (QED) is 0.616. The van der Waals surface area contributed by atoms with Crippen molar-refractivity contribution in [1.29, 1.82) is 0 Å². The molecule has 0 amide bonds. The largest absolute Gasteiger partial charge is 0.493 e. The van der Waals surface area contributed by atoms with Gasteiger partial charge in [-0.1, -0.05) is 18.2 Å². The summed E-state index contributed by atoms with van der Waals surface area (Å²) in [7, 11) is 3.29. The van der Waals surface area contributed by atoms with Crippen molar-refractivity contribution in [2.45, 2.75) is 19.7 Å². The maximum absolute atomic E-state index is 5.87. The Bertz CT molecular complexity index is 822. The zero-order valence-electron chi connectivity index (χ0n) is 14.9. The third-order valence-corrected chi connectivity index (χ3v) is 4.72. The van der Waals surface area contributed by atoms with Gasteiger partial charge in [-0.3, -0.25) is 0 Å². The zero-order chi connectivity index (χ0) is 18.2. The second kappa shape index (κ2) is 9.22. The lowest BCUT2D eigenvalue weighted by atomic mass is 10.2. The topological polar surface area (TPSA) is 52.6 Å². The maximum atomic E-state index is 5.87. The average molecular weight is 370 g/mol. The number of nitrogens with zero attached hydrogens (tertiary/aromatic N) is 1. The number of aromatic nitrogens is 1. The molecule has 1 N–H and O–H groups in total. The van der Waals surface area contributed by atoms with E-state index in [4.69, 9.17) is 14.2 Å². The van der Waals surface area contributed by atoms with Crippen LogP contribution in [0.1, 0.15) is 16.0 Å². The van der Waals surface area contributed by atoms with Crippen LogP contribution in [0.15, 0.2) is 54.0 Å². The monoisotopic (exact) mass is 370 g/mol. The number of nitrogens with one attached hydrogen (secondary N) is 1. The van der Waals surface area contributed by atoms with Crippen LogP contribution < -0.4 is 19.5 Å². The van der Waals surface area contributed by atoms with Crippen LogP contribution in [0.4, 0.5) is 0 Å². The molecule has 0 unspecified atom stereocenters. The Balaban J connectivity index is 1.58. The summed E-state index contributed by atoms with van der Waals surface area (Å²) in [5.74, 6) is 2.13. The Morgan fingerprint density at radius 3 is 2.69 bits per heavy atom. The molecule has 0 aliphatic rings. The van der Waals surface area contributed by atoms with E-state index in [1.54, 1.807) is 31.8 Å². The van der Waals surface area contributed by atoms with Gasteiger partial charge < -0.3 is 19.5 Å². The Morgan fingerprint density at radius 1 is 1.00 bits per heavy atom. The minimum absolute atomic E-state index is 0.548. The minimum Gasteiger partial charge on any atom is -0.493 e. The van der Waals surface area contributed by atoms with Crippen LogP contribution >= 0.6 is 11.3 Å². The van der Waals surface area contributed by atoms with Crippen molar-refractivity contribution >= 4 is 11.3 Å². The first kappa shape index (κ1) is 18.2. The van der Waals surface area contributed by atoms with Crippen molar-refractivity contribution in [3.8, 4) is 17.4 Å². The second-order valence-corrected chi connectivity index (χ2v) is 6.66. The number of rotatable bonds is 9. The molecule has 136 valence electrons. The molecule has 6 heteroatoms. The normalized spacial score (nSPS) is 10.5. The summed E-state index contributed by atoms with van der Waals surface area (Å²) in [5.41, 5.74) is 2.14. The maximum Gasteiger partial charge on any atom is 0.217 e. The number of hydrogen-bond donors (Lipinski definition) is 1. The van der Waals surface area contributed by atoms with Gasteiger partial charge in [-0.15, -0.1) is 11.3 Å². The number of pyridine rings is 1. The lowest BCUT2D eigenvalue weighted by molar-refractivity contribution is 0.287. The average Bonchev–Trinajstić information content (AvgIpc) is 3.20. The zero-order valence-corrected chi connectivity index (χ0v) is 15.7. The van der Waals surface area contributed by atoms with Gasteiger partial charge in [0.05, 0.1) is 14.2 Å². The highest BCUT2D eigenvalue weighted by Crippen LogP contribution is 2.29. The molecule has 0 bridgehead atoms. The number of benzene rings is 1. The Hall–Kier alpha value is -2.57. The molecule has 0 aliphatic carbocycles. The summed E-state index contributed by atoms with van der Waals surface area (Å²) < 4.78 is 16.6. The van der Waals surface area contributed by atoms with E-state index in [-0.39, 0.29) is 0 Å². The van der Waals surface area contributed by atoms with Gasteiger partial charge >= 0.3 is 0 Å². The summed E-state index contributed by atoms with van der Waals surface area (Å²) in [6.45, 7) is 1.93. The fraction of sp³-hybridized carbons (Fsp3) is 0.250. The molecule has 2 heterocycles. The van der Waals surface area contributed by atoms with Gasteiger partial charge in [-0.05, 0) is 35.2 Å². The van der Waals surface area contributed by atoms with Crippen LogP contribution in [0, 0.1) is 0 Å². The first-order valence-electron chi connectivity index (χ1n) is 8.31. The van der Waals surface area contributed by atoms with Crippen LogP contribution in [-0.2, 0) is 19.7 Å². The molecule has 0 atom stereocenters. The third-order valence-electron chi connectivity index (χ3n) is 3.87. The summed E-state index contributed by atoms with van der Waals surface area (Å²) in [4.78, 5) is 5.39. The number of thiophene rings is 1. The van der Waals surface area contributed by atoms with E-state index in [1.807, 2.05) is 41.8 Å². The summed E-state index contributed by atoms with van der Waals surface area (Å²) in [5, 5.41) is 5.45. The van der Waals surface area contributed by atoms with Crippen molar-refractivity contribution in [2.24, 2.45) is 0 Å². The van der Waals surface area contributed by atoms with Crippen molar-refractivity contribution in [1.82, 2.24) is 10.3 Å². The van der Waals surface area contributed by atoms with Gasteiger partial charge in [0.25, 0.3) is 0 Å². The smallest absolute Gasteiger partial charge is 0.217 e. The predicted molar refractivity (Wildman–Crippen MR) is 103 cm³/mol. The molecule has 5 nitrogen and oxygen atoms in total. The van der Waals surface area contributed by atoms with Gasteiger partial charge in [-0.2, -0.15) is 0 Å². The molecule has 0 spiro atoms. The van der Waals surface area contributed by atoms with E-state index in [9.17, 15) is 0 Å². The van der Waals surface area contributed by atoms with Crippen LogP contribution in [-0.4, -0.2) is 19.2 Å². The molecule has 2 aromatic heterocycles. The summed E-state index contributed by atoms with van der Waals surface area (Å²) in [6.07, 6.45) is 1.72. The fourth-order valence-corrected chi connectivity index (χ4v) is 3.18. The van der Waals surface area contributed by atoms with Crippen molar-refractivity contribution < 1.29 is 14.2 Å². The second-order valence-electron chi connectivity index (χ2n) is 5.63. The highest BCUT2D eigenvalue weighted by Gasteiger charge is 2.08.